The average molecular weight is 338 g/mol. The first-order valence-corrected chi connectivity index (χ1v) is 8.03. The number of nitrogens with one attached hydrogen (secondary N) is 2. The second-order valence-corrected chi connectivity index (χ2v) is 6.61. The van der Waals surface area contributed by atoms with Crippen LogP contribution in [-0.4, -0.2) is 43.1 Å². The first-order valence-electron chi connectivity index (χ1n) is 7.66. The lowest BCUT2D eigenvalue weighted by molar-refractivity contribution is -0.121. The summed E-state index contributed by atoms with van der Waals surface area (Å²) in [6, 6.07) is 1.62. The number of aromatic nitrogens is 4. The summed E-state index contributed by atoms with van der Waals surface area (Å²) in [4.78, 5) is 12.1. The normalized spacial score (nSPS) is 24.0. The van der Waals surface area contributed by atoms with Crippen LogP contribution in [0.25, 0.3) is 0 Å². The molecule has 0 saturated heterocycles. The van der Waals surface area contributed by atoms with Crippen LogP contribution in [0, 0.1) is 12.8 Å². The zero-order valence-electron chi connectivity index (χ0n) is 12.9. The van der Waals surface area contributed by atoms with Crippen molar-refractivity contribution in [2.75, 3.05) is 0 Å². The third-order valence-corrected chi connectivity index (χ3v) is 4.32. The molecular weight excluding hydrogens is 318 g/mol. The van der Waals surface area contributed by atoms with Gasteiger partial charge in [-0.25, -0.2) is 0 Å². The molecule has 1 aliphatic carbocycles. The van der Waals surface area contributed by atoms with Crippen LogP contribution in [0.1, 0.15) is 24.2 Å². The molecule has 2 aromatic heterocycles. The highest BCUT2D eigenvalue weighted by atomic mass is 35.5. The van der Waals surface area contributed by atoms with Gasteiger partial charge in [0.1, 0.15) is 0 Å². The maximum atomic E-state index is 12.1. The predicted octanol–water partition coefficient (Wildman–Crippen LogP) is 1.07. The lowest BCUT2D eigenvalue weighted by Gasteiger charge is -2.16. The summed E-state index contributed by atoms with van der Waals surface area (Å²) in [5.74, 6) is 0.141. The van der Waals surface area contributed by atoms with E-state index in [2.05, 4.69) is 20.6 Å². The van der Waals surface area contributed by atoms with Crippen LogP contribution < -0.4 is 5.32 Å². The summed E-state index contributed by atoms with van der Waals surface area (Å²) in [6.45, 7) is 2.58. The van der Waals surface area contributed by atoms with E-state index < -0.39 is 6.10 Å². The van der Waals surface area contributed by atoms with Crippen molar-refractivity contribution in [2.45, 2.75) is 44.9 Å². The van der Waals surface area contributed by atoms with Crippen LogP contribution in [0.4, 0.5) is 0 Å². The minimum Gasteiger partial charge on any atom is -0.391 e. The minimum absolute atomic E-state index is 0.122. The number of amides is 1. The Hall–Kier alpha value is -1.86. The lowest BCUT2D eigenvalue weighted by atomic mass is 10.1. The predicted molar refractivity (Wildman–Crippen MR) is 84.9 cm³/mol. The molecule has 2 heterocycles. The number of H-pyrrole nitrogens is 1. The van der Waals surface area contributed by atoms with Crippen LogP contribution in [-0.2, 0) is 17.8 Å². The Labute approximate surface area is 139 Å². The Bertz CT molecular complexity index is 683. The van der Waals surface area contributed by atoms with E-state index in [0.29, 0.717) is 23.7 Å². The number of nitrogens with zero attached hydrogens (tertiary/aromatic N) is 3. The fourth-order valence-corrected chi connectivity index (χ4v) is 3.27. The van der Waals surface area contributed by atoms with Gasteiger partial charge in [0.15, 0.2) is 0 Å². The standard InChI is InChI=1S/C15H20ClN5O2/c1-9-2-12(20-19-9)5-15(23)18-13-3-10(4-14(13)22)7-21-8-11(16)6-17-21/h2,6,8,10,13-14,22H,3-5,7H2,1H3,(H,18,23)(H,19,20)/t10?,13-,14-/m1/s1. The van der Waals surface area contributed by atoms with Crippen molar-refractivity contribution >= 4 is 17.5 Å². The van der Waals surface area contributed by atoms with Gasteiger partial charge in [0.25, 0.3) is 0 Å². The number of hydrogen-bond acceptors (Lipinski definition) is 4. The van der Waals surface area contributed by atoms with Gasteiger partial charge in [0, 0.05) is 18.4 Å². The molecular formula is C15H20ClN5O2. The van der Waals surface area contributed by atoms with Crippen molar-refractivity contribution in [1.82, 2.24) is 25.3 Å². The molecule has 0 aromatic carbocycles. The van der Waals surface area contributed by atoms with Gasteiger partial charge in [-0.2, -0.15) is 10.2 Å². The van der Waals surface area contributed by atoms with Gasteiger partial charge in [-0.05, 0) is 31.7 Å². The molecule has 1 aliphatic rings. The molecule has 124 valence electrons. The second kappa shape index (κ2) is 6.72. The molecule has 0 aliphatic heterocycles. The number of hydrogen-bond donors (Lipinski definition) is 3. The molecule has 8 heteroatoms. The van der Waals surface area contributed by atoms with Gasteiger partial charge >= 0.3 is 0 Å². The van der Waals surface area contributed by atoms with E-state index in [1.54, 1.807) is 17.1 Å². The first-order chi connectivity index (χ1) is 11.0. The van der Waals surface area contributed by atoms with E-state index in [1.165, 1.54) is 0 Å². The van der Waals surface area contributed by atoms with Gasteiger partial charge in [-0.3, -0.25) is 14.6 Å². The van der Waals surface area contributed by atoms with E-state index in [4.69, 9.17) is 11.6 Å². The highest BCUT2D eigenvalue weighted by Gasteiger charge is 2.34. The number of halogens is 1. The Kier molecular flexibility index (Phi) is 4.68. The third kappa shape index (κ3) is 4.11. The molecule has 3 N–H and O–H groups in total. The van der Waals surface area contributed by atoms with Crippen LogP contribution in [0.15, 0.2) is 18.5 Å². The van der Waals surface area contributed by atoms with Crippen LogP contribution in [0.3, 0.4) is 0 Å². The van der Waals surface area contributed by atoms with E-state index in [9.17, 15) is 9.90 Å². The molecule has 1 amide bonds. The SMILES string of the molecule is Cc1cc(CC(=O)N[C@@H]2CC(Cn3cc(Cl)cn3)C[C@H]2O)n[nH]1. The minimum atomic E-state index is -0.532. The van der Waals surface area contributed by atoms with Gasteiger partial charge in [-0.1, -0.05) is 11.6 Å². The van der Waals surface area contributed by atoms with Crippen LogP contribution in [0.2, 0.25) is 5.02 Å². The Morgan fingerprint density at radius 1 is 1.57 bits per heavy atom. The van der Waals surface area contributed by atoms with Crippen molar-refractivity contribution < 1.29 is 9.90 Å². The number of carbonyl (C=O) groups excluding carboxylic acids is 1. The summed E-state index contributed by atoms with van der Waals surface area (Å²) in [6.07, 6.45) is 4.41. The molecule has 7 nitrogen and oxygen atoms in total. The summed E-state index contributed by atoms with van der Waals surface area (Å²) in [5.41, 5.74) is 1.63. The van der Waals surface area contributed by atoms with Crippen molar-refractivity contribution in [3.05, 3.63) is 34.9 Å². The molecule has 3 rings (SSSR count). The fraction of sp³-hybridized carbons (Fsp3) is 0.533. The van der Waals surface area contributed by atoms with E-state index >= 15 is 0 Å². The Morgan fingerprint density at radius 3 is 3.04 bits per heavy atom. The number of aliphatic hydroxyl groups excluding tert-OH is 1. The summed E-state index contributed by atoms with van der Waals surface area (Å²) >= 11 is 5.85. The number of rotatable bonds is 5. The molecule has 1 unspecified atom stereocenters. The van der Waals surface area contributed by atoms with Gasteiger partial charge in [0.05, 0.1) is 35.5 Å². The van der Waals surface area contributed by atoms with Crippen LogP contribution in [0.5, 0.6) is 0 Å². The van der Waals surface area contributed by atoms with Crippen molar-refractivity contribution in [3.63, 3.8) is 0 Å². The van der Waals surface area contributed by atoms with Crippen LogP contribution >= 0.6 is 11.6 Å². The zero-order valence-corrected chi connectivity index (χ0v) is 13.6. The molecule has 0 spiro atoms. The highest BCUT2D eigenvalue weighted by molar-refractivity contribution is 6.30. The largest absolute Gasteiger partial charge is 0.391 e. The van der Waals surface area contributed by atoms with E-state index in [1.807, 2.05) is 13.0 Å². The highest BCUT2D eigenvalue weighted by Crippen LogP contribution is 2.27. The quantitative estimate of drug-likeness (QED) is 0.760. The van der Waals surface area contributed by atoms with Crippen molar-refractivity contribution in [1.29, 1.82) is 0 Å². The average Bonchev–Trinajstić information content (AvgIpc) is 3.14. The third-order valence-electron chi connectivity index (χ3n) is 4.12. The number of aryl methyl sites for hydroxylation is 1. The molecule has 23 heavy (non-hydrogen) atoms. The molecule has 2 aromatic rings. The first kappa shape index (κ1) is 16.0. The summed E-state index contributed by atoms with van der Waals surface area (Å²) in [5, 5.41) is 24.7. The fourth-order valence-electron chi connectivity index (χ4n) is 3.11. The number of aromatic amines is 1. The number of carbonyl (C=O) groups is 1. The zero-order chi connectivity index (χ0) is 16.4. The molecule has 1 fully saturated rings. The molecule has 3 atom stereocenters. The smallest absolute Gasteiger partial charge is 0.226 e. The second-order valence-electron chi connectivity index (χ2n) is 6.18. The van der Waals surface area contributed by atoms with Crippen molar-refractivity contribution in [3.8, 4) is 0 Å². The van der Waals surface area contributed by atoms with E-state index in [-0.39, 0.29) is 24.3 Å². The van der Waals surface area contributed by atoms with Gasteiger partial charge in [0.2, 0.25) is 5.91 Å². The van der Waals surface area contributed by atoms with Crippen molar-refractivity contribution in [2.24, 2.45) is 5.92 Å². The topological polar surface area (TPSA) is 95.8 Å². The molecule has 0 bridgehead atoms. The summed E-state index contributed by atoms with van der Waals surface area (Å²) < 4.78 is 1.77. The maximum absolute atomic E-state index is 12.1. The van der Waals surface area contributed by atoms with Gasteiger partial charge in [-0.15, -0.1) is 0 Å². The number of aliphatic hydroxyl groups is 1. The Balaban J connectivity index is 1.51. The maximum Gasteiger partial charge on any atom is 0.226 e. The van der Waals surface area contributed by atoms with Gasteiger partial charge < -0.3 is 10.4 Å². The Morgan fingerprint density at radius 2 is 2.39 bits per heavy atom. The van der Waals surface area contributed by atoms with E-state index in [0.717, 1.165) is 12.1 Å². The molecule has 0 radical (unpaired) electrons. The lowest BCUT2D eigenvalue weighted by Crippen LogP contribution is -2.40. The summed E-state index contributed by atoms with van der Waals surface area (Å²) in [7, 11) is 0. The monoisotopic (exact) mass is 337 g/mol. The molecule has 1 saturated carbocycles.